The highest BCUT2D eigenvalue weighted by atomic mass is 32.2. The number of halogens is 2. The number of sulfonamides is 1. The summed E-state index contributed by atoms with van der Waals surface area (Å²) in [5.41, 5.74) is 0.345. The van der Waals surface area contributed by atoms with Gasteiger partial charge in [0.2, 0.25) is 10.0 Å². The van der Waals surface area contributed by atoms with Crippen molar-refractivity contribution in [3.05, 3.63) is 42.0 Å². The molecule has 0 atom stereocenters. The summed E-state index contributed by atoms with van der Waals surface area (Å²) < 4.78 is 67.2. The van der Waals surface area contributed by atoms with Crippen molar-refractivity contribution in [3.8, 4) is 17.2 Å². The molecular formula is C21H24F2N2O6S. The molecule has 3 rings (SSSR count). The monoisotopic (exact) mass is 470 g/mol. The lowest BCUT2D eigenvalue weighted by Gasteiger charge is -2.26. The predicted molar refractivity (Wildman–Crippen MR) is 113 cm³/mol. The molecule has 0 aromatic heterocycles. The third-order valence-corrected chi connectivity index (χ3v) is 6.92. The first-order valence-electron chi connectivity index (χ1n) is 9.88. The summed E-state index contributed by atoms with van der Waals surface area (Å²) in [5.74, 6) is -0.665. The average molecular weight is 470 g/mol. The van der Waals surface area contributed by atoms with E-state index in [-0.39, 0.29) is 33.4 Å². The number of amides is 1. The van der Waals surface area contributed by atoms with Crippen LogP contribution in [0, 0.1) is 0 Å². The van der Waals surface area contributed by atoms with Crippen LogP contribution >= 0.6 is 0 Å². The minimum atomic E-state index is -3.81. The largest absolute Gasteiger partial charge is 0.495 e. The summed E-state index contributed by atoms with van der Waals surface area (Å²) in [4.78, 5) is 12.6. The van der Waals surface area contributed by atoms with Crippen molar-refractivity contribution in [1.82, 2.24) is 4.31 Å². The number of nitrogens with zero attached hydrogens (tertiary/aromatic N) is 1. The summed E-state index contributed by atoms with van der Waals surface area (Å²) in [5, 5.41) is 2.61. The zero-order valence-electron chi connectivity index (χ0n) is 17.6. The molecule has 1 fully saturated rings. The number of rotatable bonds is 8. The van der Waals surface area contributed by atoms with Gasteiger partial charge in [0, 0.05) is 24.3 Å². The van der Waals surface area contributed by atoms with E-state index in [0.717, 1.165) is 19.3 Å². The van der Waals surface area contributed by atoms with Crippen LogP contribution in [-0.4, -0.2) is 52.6 Å². The second-order valence-electron chi connectivity index (χ2n) is 7.03. The fourth-order valence-corrected chi connectivity index (χ4v) is 5.10. The lowest BCUT2D eigenvalue weighted by Crippen LogP contribution is -2.35. The number of alkyl halides is 2. The van der Waals surface area contributed by atoms with Crippen molar-refractivity contribution in [2.75, 3.05) is 32.6 Å². The highest BCUT2D eigenvalue weighted by Gasteiger charge is 2.29. The number of nitrogens with one attached hydrogen (secondary N) is 1. The Morgan fingerprint density at radius 3 is 2.25 bits per heavy atom. The molecule has 11 heteroatoms. The zero-order chi connectivity index (χ0) is 23.3. The van der Waals surface area contributed by atoms with E-state index in [4.69, 9.17) is 9.47 Å². The maximum atomic E-state index is 13.1. The highest BCUT2D eigenvalue weighted by Crippen LogP contribution is 2.32. The van der Waals surface area contributed by atoms with Gasteiger partial charge in [0.1, 0.15) is 10.6 Å². The van der Waals surface area contributed by atoms with Gasteiger partial charge in [0.15, 0.2) is 11.5 Å². The number of carbonyl (C=O) groups excluding carboxylic acids is 1. The Hall–Kier alpha value is -2.92. The summed E-state index contributed by atoms with van der Waals surface area (Å²) in [6, 6.07) is 8.06. The van der Waals surface area contributed by atoms with E-state index in [1.807, 2.05) is 0 Å². The number of piperidine rings is 1. The molecule has 1 heterocycles. The normalized spacial score (nSPS) is 14.8. The van der Waals surface area contributed by atoms with Gasteiger partial charge in [-0.25, -0.2) is 8.42 Å². The van der Waals surface area contributed by atoms with Crippen LogP contribution in [0.15, 0.2) is 41.3 Å². The third kappa shape index (κ3) is 5.28. The van der Waals surface area contributed by atoms with Gasteiger partial charge in [0.05, 0.1) is 14.2 Å². The smallest absolute Gasteiger partial charge is 0.387 e. The Morgan fingerprint density at radius 1 is 0.969 bits per heavy atom. The summed E-state index contributed by atoms with van der Waals surface area (Å²) >= 11 is 0. The van der Waals surface area contributed by atoms with Crippen LogP contribution in [0.4, 0.5) is 14.5 Å². The molecule has 1 aliphatic heterocycles. The molecule has 2 aromatic carbocycles. The molecule has 2 aromatic rings. The standard InChI is InChI=1S/C21H24F2N2O6S/c1-29-17-9-7-15(13-19(17)32(27,28)25-10-4-3-5-11-25)24-20(26)14-6-8-16(31-21(22)23)18(12-14)30-2/h6-9,12-13,21H,3-5,10-11H2,1-2H3,(H,24,26). The molecule has 1 amide bonds. The molecular weight excluding hydrogens is 446 g/mol. The maximum Gasteiger partial charge on any atom is 0.387 e. The Labute approximate surface area is 185 Å². The molecule has 0 unspecified atom stereocenters. The van der Waals surface area contributed by atoms with Crippen molar-refractivity contribution in [2.45, 2.75) is 30.8 Å². The molecule has 8 nitrogen and oxygen atoms in total. The number of carbonyl (C=O) groups is 1. The number of hydrogen-bond acceptors (Lipinski definition) is 6. The first-order chi connectivity index (χ1) is 15.3. The second-order valence-corrected chi connectivity index (χ2v) is 8.94. The van der Waals surface area contributed by atoms with E-state index in [1.165, 1.54) is 54.9 Å². The Balaban J connectivity index is 1.86. The molecule has 0 saturated carbocycles. The van der Waals surface area contributed by atoms with Gasteiger partial charge in [-0.15, -0.1) is 0 Å². The van der Waals surface area contributed by atoms with Gasteiger partial charge < -0.3 is 19.5 Å². The first-order valence-corrected chi connectivity index (χ1v) is 11.3. The SMILES string of the molecule is COc1cc(C(=O)Nc2ccc(OC)c(S(=O)(=O)N3CCCCC3)c2)ccc1OC(F)F. The first kappa shape index (κ1) is 23.7. The fraction of sp³-hybridized carbons (Fsp3) is 0.381. The highest BCUT2D eigenvalue weighted by molar-refractivity contribution is 7.89. The van der Waals surface area contributed by atoms with Crippen molar-refractivity contribution in [1.29, 1.82) is 0 Å². The number of ether oxygens (including phenoxy) is 3. The Morgan fingerprint density at radius 2 is 1.62 bits per heavy atom. The average Bonchev–Trinajstić information content (AvgIpc) is 2.79. The van der Waals surface area contributed by atoms with Crippen molar-refractivity contribution in [3.63, 3.8) is 0 Å². The topological polar surface area (TPSA) is 94.2 Å². The van der Waals surface area contributed by atoms with Gasteiger partial charge in [0.25, 0.3) is 5.91 Å². The van der Waals surface area contributed by atoms with Gasteiger partial charge in [-0.2, -0.15) is 13.1 Å². The van der Waals surface area contributed by atoms with Crippen molar-refractivity contribution in [2.24, 2.45) is 0 Å². The van der Waals surface area contributed by atoms with E-state index >= 15 is 0 Å². The van der Waals surface area contributed by atoms with Gasteiger partial charge >= 0.3 is 6.61 Å². The molecule has 0 aliphatic carbocycles. The van der Waals surface area contributed by atoms with Crippen LogP contribution in [0.3, 0.4) is 0 Å². The quantitative estimate of drug-likeness (QED) is 0.632. The zero-order valence-corrected chi connectivity index (χ0v) is 18.5. The fourth-order valence-electron chi connectivity index (χ4n) is 3.41. The molecule has 0 radical (unpaired) electrons. The van der Waals surface area contributed by atoms with Crippen molar-refractivity contribution < 1.29 is 36.2 Å². The lowest BCUT2D eigenvalue weighted by atomic mass is 10.2. The maximum absolute atomic E-state index is 13.1. The second kappa shape index (κ2) is 10.1. The van der Waals surface area contributed by atoms with E-state index in [2.05, 4.69) is 10.1 Å². The van der Waals surface area contributed by atoms with Crippen LogP contribution in [0.5, 0.6) is 17.2 Å². The minimum absolute atomic E-state index is 0.0407. The van der Waals surface area contributed by atoms with Gasteiger partial charge in [-0.1, -0.05) is 6.42 Å². The Bertz CT molecular complexity index is 1070. The molecule has 0 spiro atoms. The van der Waals surface area contributed by atoms with E-state index in [1.54, 1.807) is 0 Å². The number of anilines is 1. The van der Waals surface area contributed by atoms with E-state index in [9.17, 15) is 22.0 Å². The van der Waals surface area contributed by atoms with Crippen molar-refractivity contribution >= 4 is 21.6 Å². The van der Waals surface area contributed by atoms with Crippen LogP contribution in [-0.2, 0) is 10.0 Å². The molecule has 32 heavy (non-hydrogen) atoms. The van der Waals surface area contributed by atoms with Crippen LogP contribution in [0.25, 0.3) is 0 Å². The molecule has 174 valence electrons. The molecule has 1 aliphatic rings. The summed E-state index contributed by atoms with van der Waals surface area (Å²) in [7, 11) is -1.17. The number of methoxy groups -OCH3 is 2. The van der Waals surface area contributed by atoms with Crippen LogP contribution in [0.2, 0.25) is 0 Å². The molecule has 1 N–H and O–H groups in total. The summed E-state index contributed by atoms with van der Waals surface area (Å²) in [6.07, 6.45) is 2.54. The summed E-state index contributed by atoms with van der Waals surface area (Å²) in [6.45, 7) is -2.19. The van der Waals surface area contributed by atoms with E-state index in [0.29, 0.717) is 13.1 Å². The minimum Gasteiger partial charge on any atom is -0.495 e. The number of benzene rings is 2. The van der Waals surface area contributed by atoms with Crippen LogP contribution in [0.1, 0.15) is 29.6 Å². The predicted octanol–water partition coefficient (Wildman–Crippen LogP) is 3.73. The number of hydrogen-bond donors (Lipinski definition) is 1. The Kier molecular flexibility index (Phi) is 7.52. The molecule has 1 saturated heterocycles. The van der Waals surface area contributed by atoms with Gasteiger partial charge in [-0.3, -0.25) is 4.79 Å². The molecule has 0 bridgehead atoms. The lowest BCUT2D eigenvalue weighted by molar-refractivity contribution is -0.0512. The third-order valence-electron chi connectivity index (χ3n) is 5.00. The van der Waals surface area contributed by atoms with Crippen LogP contribution < -0.4 is 19.5 Å². The van der Waals surface area contributed by atoms with E-state index < -0.39 is 22.5 Å². The van der Waals surface area contributed by atoms with Gasteiger partial charge in [-0.05, 0) is 49.2 Å².